The highest BCUT2D eigenvalue weighted by Gasteiger charge is 2.44. The maximum Gasteiger partial charge on any atom is 0.160 e. The molecule has 0 bridgehead atoms. The van der Waals surface area contributed by atoms with Gasteiger partial charge in [-0.25, -0.2) is 0 Å². The maximum atomic E-state index is 10.6. The molecule has 0 radical (unpaired) electrons. The van der Waals surface area contributed by atoms with Gasteiger partial charge in [-0.1, -0.05) is 66.7 Å². The molecule has 0 spiro atoms. The van der Waals surface area contributed by atoms with Crippen LogP contribution >= 0.6 is 0 Å². The molecule has 4 heteroatoms. The molecule has 1 aliphatic rings. The van der Waals surface area contributed by atoms with Crippen molar-refractivity contribution in [1.82, 2.24) is 4.90 Å². The lowest BCUT2D eigenvalue weighted by molar-refractivity contribution is 0.148. The normalized spacial score (nSPS) is 16.9. The Morgan fingerprint density at radius 1 is 1.03 bits per heavy atom. The van der Waals surface area contributed by atoms with Crippen LogP contribution < -0.4 is 4.74 Å². The predicted molar refractivity (Wildman–Crippen MR) is 127 cm³/mol. The Morgan fingerprint density at radius 2 is 1.69 bits per heavy atom. The van der Waals surface area contributed by atoms with Gasteiger partial charge < -0.3 is 14.7 Å². The summed E-state index contributed by atoms with van der Waals surface area (Å²) in [5.74, 6) is 0.884. The Morgan fingerprint density at radius 3 is 2.28 bits per heavy atom. The van der Waals surface area contributed by atoms with Gasteiger partial charge in [-0.2, -0.15) is 5.26 Å². The molecule has 4 nitrogen and oxygen atoms in total. The van der Waals surface area contributed by atoms with Crippen LogP contribution in [0, 0.1) is 17.2 Å². The van der Waals surface area contributed by atoms with Crippen molar-refractivity contribution < 1.29 is 9.84 Å². The summed E-state index contributed by atoms with van der Waals surface area (Å²) in [4.78, 5) is 2.48. The van der Waals surface area contributed by atoms with E-state index in [0.29, 0.717) is 5.75 Å². The van der Waals surface area contributed by atoms with Gasteiger partial charge >= 0.3 is 0 Å². The number of hydrogen-bond acceptors (Lipinski definition) is 4. The average Bonchev–Trinajstić information content (AvgIpc) is 2.86. The fourth-order valence-electron chi connectivity index (χ4n) is 5.04. The Balaban J connectivity index is 1.57. The number of benzene rings is 3. The molecule has 1 fully saturated rings. The van der Waals surface area contributed by atoms with Crippen molar-refractivity contribution in [1.29, 1.82) is 5.26 Å². The van der Waals surface area contributed by atoms with Crippen molar-refractivity contribution in [3.8, 4) is 17.6 Å². The van der Waals surface area contributed by atoms with Crippen LogP contribution in [0.1, 0.15) is 29.5 Å². The molecular weight excluding hydrogens is 396 g/mol. The number of piperidine rings is 1. The number of rotatable bonds is 7. The number of likely N-dealkylation sites (tertiary alicyclic amines) is 1. The van der Waals surface area contributed by atoms with E-state index in [1.807, 2.05) is 48.5 Å². The van der Waals surface area contributed by atoms with Gasteiger partial charge in [0, 0.05) is 13.1 Å². The lowest BCUT2D eigenvalue weighted by atomic mass is 9.64. The van der Waals surface area contributed by atoms with Crippen molar-refractivity contribution in [3.63, 3.8) is 0 Å². The number of phenolic OH excluding ortho intramolecular Hbond substituents is 1. The van der Waals surface area contributed by atoms with Crippen molar-refractivity contribution >= 4 is 0 Å². The van der Waals surface area contributed by atoms with E-state index < -0.39 is 5.41 Å². The summed E-state index contributed by atoms with van der Waals surface area (Å²) in [6.07, 6.45) is 2.98. The highest BCUT2D eigenvalue weighted by Crippen LogP contribution is 2.43. The second-order valence-electron chi connectivity index (χ2n) is 8.55. The molecule has 164 valence electrons. The smallest absolute Gasteiger partial charge is 0.160 e. The summed E-state index contributed by atoms with van der Waals surface area (Å²) in [7, 11) is 1.57. The first-order chi connectivity index (χ1) is 15.7. The Kier molecular flexibility index (Phi) is 6.78. The number of phenols is 1. The second kappa shape index (κ2) is 9.89. The molecule has 3 aromatic carbocycles. The van der Waals surface area contributed by atoms with E-state index in [0.717, 1.165) is 55.6 Å². The van der Waals surface area contributed by atoms with Gasteiger partial charge in [0.1, 0.15) is 5.41 Å². The lowest BCUT2D eigenvalue weighted by Gasteiger charge is -2.42. The van der Waals surface area contributed by atoms with Gasteiger partial charge in [-0.3, -0.25) is 0 Å². The third-order valence-electron chi connectivity index (χ3n) is 6.71. The van der Waals surface area contributed by atoms with Gasteiger partial charge in [0.2, 0.25) is 0 Å². The zero-order valence-electron chi connectivity index (χ0n) is 18.6. The molecule has 0 amide bonds. The number of methoxy groups -OCH3 is 1. The van der Waals surface area contributed by atoms with E-state index in [1.165, 1.54) is 0 Å². The van der Waals surface area contributed by atoms with Crippen molar-refractivity contribution in [2.45, 2.75) is 24.7 Å². The Hall–Kier alpha value is -3.29. The fraction of sp³-hybridized carbons (Fsp3) is 0.321. The largest absolute Gasteiger partial charge is 0.504 e. The van der Waals surface area contributed by atoms with Crippen LogP contribution in [0.15, 0.2) is 78.9 Å². The van der Waals surface area contributed by atoms with Crippen LogP contribution in [0.3, 0.4) is 0 Å². The third-order valence-corrected chi connectivity index (χ3v) is 6.71. The molecule has 32 heavy (non-hydrogen) atoms. The van der Waals surface area contributed by atoms with Crippen LogP contribution in [0.25, 0.3) is 0 Å². The van der Waals surface area contributed by atoms with E-state index in [-0.39, 0.29) is 11.7 Å². The van der Waals surface area contributed by atoms with Crippen molar-refractivity contribution in [3.05, 3.63) is 95.6 Å². The van der Waals surface area contributed by atoms with Crippen LogP contribution in [0.4, 0.5) is 0 Å². The highest BCUT2D eigenvalue weighted by molar-refractivity contribution is 5.47. The summed E-state index contributed by atoms with van der Waals surface area (Å²) < 4.78 is 5.25. The van der Waals surface area contributed by atoms with Gasteiger partial charge in [0.15, 0.2) is 11.5 Å². The van der Waals surface area contributed by atoms with Crippen LogP contribution in [-0.4, -0.2) is 36.8 Å². The van der Waals surface area contributed by atoms with E-state index in [2.05, 4.69) is 35.2 Å². The summed E-state index contributed by atoms with van der Waals surface area (Å²) in [6, 6.07) is 28.8. The van der Waals surface area contributed by atoms with Crippen molar-refractivity contribution in [2.24, 2.45) is 5.92 Å². The van der Waals surface area contributed by atoms with Crippen LogP contribution in [-0.2, 0) is 11.8 Å². The SMILES string of the molecule is COc1cc(CCN2CCC[C@H](C(C#N)(c3ccccc3)c3ccccc3)C2)ccc1O. The quantitative estimate of drug-likeness (QED) is 0.567. The first-order valence-electron chi connectivity index (χ1n) is 11.3. The molecule has 1 saturated heterocycles. The molecule has 1 atom stereocenters. The minimum atomic E-state index is -0.664. The first-order valence-corrected chi connectivity index (χ1v) is 11.3. The van der Waals surface area contributed by atoms with E-state index in [4.69, 9.17) is 4.74 Å². The average molecular weight is 427 g/mol. The monoisotopic (exact) mass is 426 g/mol. The van der Waals surface area contributed by atoms with Gasteiger partial charge in [-0.05, 0) is 60.5 Å². The summed E-state index contributed by atoms with van der Waals surface area (Å²) in [5, 5.41) is 20.5. The summed E-state index contributed by atoms with van der Waals surface area (Å²) >= 11 is 0. The number of ether oxygens (including phenoxy) is 1. The molecule has 0 saturated carbocycles. The molecule has 0 unspecified atom stereocenters. The summed E-state index contributed by atoms with van der Waals surface area (Å²) in [5.41, 5.74) is 2.62. The summed E-state index contributed by atoms with van der Waals surface area (Å²) in [6.45, 7) is 2.83. The highest BCUT2D eigenvalue weighted by atomic mass is 16.5. The fourth-order valence-corrected chi connectivity index (χ4v) is 5.04. The van der Waals surface area contributed by atoms with Crippen LogP contribution in [0.2, 0.25) is 0 Å². The minimum Gasteiger partial charge on any atom is -0.504 e. The van der Waals surface area contributed by atoms with E-state index in [9.17, 15) is 10.4 Å². The van der Waals surface area contributed by atoms with Gasteiger partial charge in [0.05, 0.1) is 13.2 Å². The second-order valence-corrected chi connectivity index (χ2v) is 8.55. The van der Waals surface area contributed by atoms with Gasteiger partial charge in [-0.15, -0.1) is 0 Å². The predicted octanol–water partition coefficient (Wildman–Crippen LogP) is 5.17. The molecule has 3 aromatic rings. The number of nitrogens with zero attached hydrogens (tertiary/aromatic N) is 2. The zero-order chi connectivity index (χ0) is 22.4. The van der Waals surface area contributed by atoms with Crippen molar-refractivity contribution in [2.75, 3.05) is 26.7 Å². The number of nitriles is 1. The molecule has 4 rings (SSSR count). The van der Waals surface area contributed by atoms with Crippen LogP contribution in [0.5, 0.6) is 11.5 Å². The number of hydrogen-bond donors (Lipinski definition) is 1. The molecular formula is C28H30N2O2. The van der Waals surface area contributed by atoms with E-state index in [1.54, 1.807) is 13.2 Å². The maximum absolute atomic E-state index is 10.6. The minimum absolute atomic E-state index is 0.166. The Bertz CT molecular complexity index is 1020. The molecule has 1 heterocycles. The standard InChI is InChI=1S/C28H30N2O2/c1-32-27-19-22(14-15-26(27)31)16-18-30-17-8-13-25(20-30)28(21-29,23-9-4-2-5-10-23)24-11-6-3-7-12-24/h2-7,9-12,14-15,19,25,31H,8,13,16-18,20H2,1H3/t25-/m0/s1. The molecule has 0 aromatic heterocycles. The number of aromatic hydroxyl groups is 1. The molecule has 1 N–H and O–H groups in total. The third kappa shape index (κ3) is 4.35. The molecule has 0 aliphatic carbocycles. The first kappa shape index (κ1) is 21.9. The van der Waals surface area contributed by atoms with E-state index >= 15 is 0 Å². The zero-order valence-corrected chi connectivity index (χ0v) is 18.6. The lowest BCUT2D eigenvalue weighted by Crippen LogP contribution is -2.46. The molecule has 1 aliphatic heterocycles. The Labute approximate surface area is 190 Å². The topological polar surface area (TPSA) is 56.5 Å². The van der Waals surface area contributed by atoms with Gasteiger partial charge in [0.25, 0.3) is 0 Å².